The monoisotopic (exact) mass is 560 g/mol. The maximum absolute atomic E-state index is 13.0. The van der Waals surface area contributed by atoms with E-state index in [9.17, 15) is 32.7 Å². The Morgan fingerprint density at radius 1 is 1.11 bits per heavy atom. The van der Waals surface area contributed by atoms with Crippen LogP contribution in [0.4, 0.5) is 18.0 Å². The van der Waals surface area contributed by atoms with Crippen molar-refractivity contribution >= 4 is 35.1 Å². The lowest BCUT2D eigenvalue weighted by Crippen LogP contribution is -2.42. The number of hydrogen-bond acceptors (Lipinski definition) is 5. The number of primary amides is 1. The Labute approximate surface area is 217 Å². The standard InChI is InChI=1S/C22H21Cl2F3N6O4/c23-13-7-5-12(6-8-13)19-31-33(21(37)32(19)10-17(34)22(25,26)27)11-18(35)29-9-16(30-20(28)36)14-3-1-2-4-15(14)24/h1-8,16-17,34H,9-11H2,(H,29,35)(H3,28,30,36). The van der Waals surface area contributed by atoms with Crippen molar-refractivity contribution < 1.29 is 27.9 Å². The topological polar surface area (TPSA) is 144 Å². The lowest BCUT2D eigenvalue weighted by atomic mass is 10.1. The van der Waals surface area contributed by atoms with Crippen LogP contribution in [0.2, 0.25) is 10.0 Å². The molecule has 3 amide bonds. The Balaban J connectivity index is 1.84. The Morgan fingerprint density at radius 2 is 1.76 bits per heavy atom. The first-order valence-electron chi connectivity index (χ1n) is 10.6. The molecule has 0 spiro atoms. The number of carbonyl (C=O) groups excluding carboxylic acids is 2. The summed E-state index contributed by atoms with van der Waals surface area (Å²) >= 11 is 12.0. The van der Waals surface area contributed by atoms with Crippen LogP contribution in [0.1, 0.15) is 11.6 Å². The van der Waals surface area contributed by atoms with E-state index in [2.05, 4.69) is 15.7 Å². The number of urea groups is 1. The molecule has 2 atom stereocenters. The Morgan fingerprint density at radius 3 is 2.35 bits per heavy atom. The van der Waals surface area contributed by atoms with E-state index in [0.717, 1.165) is 0 Å². The smallest absolute Gasteiger partial charge is 0.382 e. The molecule has 0 aliphatic carbocycles. The van der Waals surface area contributed by atoms with Gasteiger partial charge in [-0.15, -0.1) is 5.10 Å². The average molecular weight is 561 g/mol. The molecule has 2 aromatic carbocycles. The van der Waals surface area contributed by atoms with Crippen molar-refractivity contribution in [1.29, 1.82) is 0 Å². The number of alkyl halides is 3. The molecule has 10 nitrogen and oxygen atoms in total. The van der Waals surface area contributed by atoms with Crippen LogP contribution in [0, 0.1) is 0 Å². The summed E-state index contributed by atoms with van der Waals surface area (Å²) in [4.78, 5) is 36.9. The van der Waals surface area contributed by atoms with E-state index < -0.39 is 49.0 Å². The van der Waals surface area contributed by atoms with Crippen molar-refractivity contribution in [3.05, 3.63) is 74.6 Å². The second-order valence-corrected chi connectivity index (χ2v) is 8.67. The van der Waals surface area contributed by atoms with Crippen LogP contribution in [0.3, 0.4) is 0 Å². The van der Waals surface area contributed by atoms with E-state index in [4.69, 9.17) is 28.9 Å². The van der Waals surface area contributed by atoms with Crippen molar-refractivity contribution in [2.75, 3.05) is 6.54 Å². The largest absolute Gasteiger partial charge is 0.416 e. The fraction of sp³-hybridized carbons (Fsp3) is 0.273. The van der Waals surface area contributed by atoms with Gasteiger partial charge in [-0.05, 0) is 35.9 Å². The number of amides is 3. The van der Waals surface area contributed by atoms with Crippen LogP contribution in [-0.4, -0.2) is 50.2 Å². The van der Waals surface area contributed by atoms with Gasteiger partial charge in [0.15, 0.2) is 11.9 Å². The van der Waals surface area contributed by atoms with Crippen molar-refractivity contribution in [1.82, 2.24) is 25.0 Å². The van der Waals surface area contributed by atoms with Gasteiger partial charge < -0.3 is 21.5 Å². The quantitative estimate of drug-likeness (QED) is 0.317. The SMILES string of the molecule is NC(=O)NC(CNC(=O)Cn1nc(-c2ccc(Cl)cc2)n(CC(O)C(F)(F)F)c1=O)c1ccccc1Cl. The number of aliphatic hydroxyl groups excluding tert-OH is 1. The first-order valence-corrected chi connectivity index (χ1v) is 11.4. The number of hydrogen-bond donors (Lipinski definition) is 4. The van der Waals surface area contributed by atoms with Crippen LogP contribution < -0.4 is 22.1 Å². The number of nitrogens with one attached hydrogen (secondary N) is 2. The summed E-state index contributed by atoms with van der Waals surface area (Å²) in [6, 6.07) is 10.6. The fourth-order valence-electron chi connectivity index (χ4n) is 3.37. The highest BCUT2D eigenvalue weighted by molar-refractivity contribution is 6.31. The first kappa shape index (κ1) is 28.0. The average Bonchev–Trinajstić information content (AvgIpc) is 3.11. The highest BCUT2D eigenvalue weighted by atomic mass is 35.5. The molecule has 0 saturated carbocycles. The minimum atomic E-state index is -4.99. The summed E-state index contributed by atoms with van der Waals surface area (Å²) in [5.74, 6) is -0.948. The van der Waals surface area contributed by atoms with Crippen molar-refractivity contribution in [2.24, 2.45) is 5.73 Å². The van der Waals surface area contributed by atoms with Crippen LogP contribution in [-0.2, 0) is 17.9 Å². The number of nitrogens with zero attached hydrogens (tertiary/aromatic N) is 3. The second kappa shape index (κ2) is 11.7. The highest BCUT2D eigenvalue weighted by Gasteiger charge is 2.39. The zero-order valence-electron chi connectivity index (χ0n) is 18.9. The third-order valence-electron chi connectivity index (χ3n) is 5.15. The third-order valence-corrected chi connectivity index (χ3v) is 5.75. The maximum atomic E-state index is 13.0. The number of aliphatic hydroxyl groups is 1. The third kappa shape index (κ3) is 7.24. The van der Waals surface area contributed by atoms with E-state index in [1.54, 1.807) is 24.3 Å². The molecule has 2 unspecified atom stereocenters. The summed E-state index contributed by atoms with van der Waals surface area (Å²) in [7, 11) is 0. The molecule has 0 saturated heterocycles. The van der Waals surface area contributed by atoms with Crippen molar-refractivity contribution in [3.63, 3.8) is 0 Å². The van der Waals surface area contributed by atoms with E-state index in [0.29, 0.717) is 24.9 Å². The summed E-state index contributed by atoms with van der Waals surface area (Å²) in [5.41, 5.74) is 4.86. The molecular weight excluding hydrogens is 540 g/mol. The molecule has 0 radical (unpaired) electrons. The molecule has 0 bridgehead atoms. The number of rotatable bonds is 9. The van der Waals surface area contributed by atoms with Crippen LogP contribution in [0.15, 0.2) is 53.3 Å². The first-order chi connectivity index (χ1) is 17.4. The number of carbonyl (C=O) groups is 2. The van der Waals surface area contributed by atoms with Crippen molar-refractivity contribution in [2.45, 2.75) is 31.4 Å². The van der Waals surface area contributed by atoms with Gasteiger partial charge in [0.2, 0.25) is 5.91 Å². The summed E-state index contributed by atoms with van der Waals surface area (Å²) in [5, 5.41) is 19.1. The van der Waals surface area contributed by atoms with Crippen LogP contribution >= 0.6 is 23.2 Å². The number of halogens is 5. The van der Waals surface area contributed by atoms with E-state index in [-0.39, 0.29) is 17.9 Å². The molecule has 1 heterocycles. The molecule has 15 heteroatoms. The number of benzene rings is 2. The van der Waals surface area contributed by atoms with Gasteiger partial charge in [0.05, 0.1) is 12.6 Å². The minimum absolute atomic E-state index is 0.169. The Kier molecular flexibility index (Phi) is 8.84. The lowest BCUT2D eigenvalue weighted by molar-refractivity contribution is -0.207. The van der Waals surface area contributed by atoms with Gasteiger partial charge in [0.25, 0.3) is 0 Å². The molecule has 198 valence electrons. The Bertz CT molecular complexity index is 1330. The minimum Gasteiger partial charge on any atom is -0.382 e. The second-order valence-electron chi connectivity index (χ2n) is 7.83. The normalized spacial score (nSPS) is 13.1. The highest BCUT2D eigenvalue weighted by Crippen LogP contribution is 2.24. The van der Waals surface area contributed by atoms with Gasteiger partial charge in [-0.1, -0.05) is 41.4 Å². The van der Waals surface area contributed by atoms with Gasteiger partial charge in [-0.3, -0.25) is 9.36 Å². The molecule has 0 aliphatic rings. The molecule has 0 fully saturated rings. The molecule has 1 aromatic heterocycles. The van der Waals surface area contributed by atoms with Gasteiger partial charge in [0, 0.05) is 22.2 Å². The summed E-state index contributed by atoms with van der Waals surface area (Å²) < 4.78 is 40.2. The van der Waals surface area contributed by atoms with E-state index in [1.165, 1.54) is 24.3 Å². The van der Waals surface area contributed by atoms with Gasteiger partial charge in [-0.2, -0.15) is 13.2 Å². The van der Waals surface area contributed by atoms with E-state index in [1.807, 2.05) is 0 Å². The van der Waals surface area contributed by atoms with Gasteiger partial charge in [-0.25, -0.2) is 14.3 Å². The number of aromatic nitrogens is 3. The molecule has 5 N–H and O–H groups in total. The van der Waals surface area contributed by atoms with Crippen LogP contribution in [0.5, 0.6) is 0 Å². The van der Waals surface area contributed by atoms with Crippen molar-refractivity contribution in [3.8, 4) is 11.4 Å². The molecule has 0 aliphatic heterocycles. The predicted octanol–water partition coefficient (Wildman–Crippen LogP) is 2.47. The summed E-state index contributed by atoms with van der Waals surface area (Å²) in [6.07, 6.45) is -7.84. The summed E-state index contributed by atoms with van der Waals surface area (Å²) in [6.45, 7) is -1.98. The van der Waals surface area contributed by atoms with Gasteiger partial charge in [0.1, 0.15) is 6.54 Å². The molecular formula is C22H21Cl2F3N6O4. The van der Waals surface area contributed by atoms with Gasteiger partial charge >= 0.3 is 17.9 Å². The van der Waals surface area contributed by atoms with Crippen LogP contribution in [0.25, 0.3) is 11.4 Å². The molecule has 3 aromatic rings. The maximum Gasteiger partial charge on any atom is 0.416 e. The van der Waals surface area contributed by atoms with E-state index >= 15 is 0 Å². The molecule has 37 heavy (non-hydrogen) atoms. The zero-order chi connectivity index (χ0) is 27.3. The Hall–Kier alpha value is -3.55. The predicted molar refractivity (Wildman–Crippen MR) is 129 cm³/mol. The number of nitrogens with two attached hydrogens (primary N) is 1. The fourth-order valence-corrected chi connectivity index (χ4v) is 3.77. The molecule has 3 rings (SSSR count). The lowest BCUT2D eigenvalue weighted by Gasteiger charge is -2.19. The zero-order valence-corrected chi connectivity index (χ0v) is 20.4.